The Kier molecular flexibility index (Phi) is 4.78. The highest BCUT2D eigenvalue weighted by atomic mass is 16.3. The van der Waals surface area contributed by atoms with Crippen molar-refractivity contribution in [1.29, 1.82) is 0 Å². The molecule has 0 amide bonds. The minimum atomic E-state index is 0.782. The molecule has 0 radical (unpaired) electrons. The van der Waals surface area contributed by atoms with Gasteiger partial charge < -0.3 is 8.83 Å². The van der Waals surface area contributed by atoms with E-state index in [1.165, 1.54) is 21.5 Å². The standard InChI is InChI=1S/C42H23N3O2/c1-2-10-25-20-36-30(19-24(25)9-1)27-11-3-7-15-35(27)45(36)42-41(43-33-13-5-6-14-34(33)44-42)26-17-18-29-32-22-31-28-12-4-8-16-37(28)46-39(31)23-40(32)47-38(29)21-26/h1-23H. The fourth-order valence-electron chi connectivity index (χ4n) is 7.37. The molecule has 5 nitrogen and oxygen atoms in total. The summed E-state index contributed by atoms with van der Waals surface area (Å²) < 4.78 is 14.9. The molecule has 11 aromatic rings. The second kappa shape index (κ2) is 9.05. The quantitative estimate of drug-likeness (QED) is 0.198. The van der Waals surface area contributed by atoms with E-state index in [1.807, 2.05) is 48.5 Å². The van der Waals surface area contributed by atoms with E-state index < -0.39 is 0 Å². The zero-order chi connectivity index (χ0) is 30.6. The predicted molar refractivity (Wildman–Crippen MR) is 191 cm³/mol. The van der Waals surface area contributed by atoms with Gasteiger partial charge in [0.2, 0.25) is 0 Å². The number of para-hydroxylation sites is 4. The summed E-state index contributed by atoms with van der Waals surface area (Å²) in [5.41, 5.74) is 8.88. The van der Waals surface area contributed by atoms with E-state index in [9.17, 15) is 0 Å². The Hall–Kier alpha value is -6.46. The molecular formula is C42H23N3O2. The molecule has 0 saturated carbocycles. The lowest BCUT2D eigenvalue weighted by Crippen LogP contribution is -2.03. The van der Waals surface area contributed by atoms with Gasteiger partial charge in [0.15, 0.2) is 5.82 Å². The molecule has 0 spiro atoms. The van der Waals surface area contributed by atoms with E-state index in [0.29, 0.717) is 0 Å². The van der Waals surface area contributed by atoms with E-state index in [1.54, 1.807) is 0 Å². The van der Waals surface area contributed by atoms with E-state index in [2.05, 4.69) is 95.6 Å². The second-order valence-electron chi connectivity index (χ2n) is 12.2. The normalized spacial score (nSPS) is 12.3. The van der Waals surface area contributed by atoms with Crippen LogP contribution in [0.15, 0.2) is 148 Å². The van der Waals surface area contributed by atoms with Gasteiger partial charge in [0.05, 0.1) is 22.1 Å². The molecule has 0 atom stereocenters. The molecule has 0 fully saturated rings. The van der Waals surface area contributed by atoms with Gasteiger partial charge in [0.25, 0.3) is 0 Å². The van der Waals surface area contributed by atoms with Gasteiger partial charge in [0, 0.05) is 43.9 Å². The number of furan rings is 2. The lowest BCUT2D eigenvalue weighted by Gasteiger charge is -2.14. The largest absolute Gasteiger partial charge is 0.456 e. The first kappa shape index (κ1) is 24.8. The van der Waals surface area contributed by atoms with Gasteiger partial charge >= 0.3 is 0 Å². The van der Waals surface area contributed by atoms with E-state index in [4.69, 9.17) is 18.8 Å². The number of hydrogen-bond acceptors (Lipinski definition) is 4. The first-order valence-corrected chi connectivity index (χ1v) is 15.7. The molecule has 0 N–H and O–H groups in total. The summed E-state index contributed by atoms with van der Waals surface area (Å²) in [4.78, 5) is 10.6. The molecule has 0 bridgehead atoms. The van der Waals surface area contributed by atoms with Crippen molar-refractivity contribution in [2.24, 2.45) is 0 Å². The first-order valence-electron chi connectivity index (χ1n) is 15.7. The Bertz CT molecular complexity index is 3090. The monoisotopic (exact) mass is 601 g/mol. The Morgan fingerprint density at radius 1 is 0.404 bits per heavy atom. The van der Waals surface area contributed by atoms with Crippen LogP contribution >= 0.6 is 0 Å². The van der Waals surface area contributed by atoms with Gasteiger partial charge in [-0.2, -0.15) is 0 Å². The van der Waals surface area contributed by atoms with Crippen LogP contribution in [0.2, 0.25) is 0 Å². The number of fused-ring (bicyclic) bond motifs is 11. The van der Waals surface area contributed by atoms with Crippen molar-refractivity contribution in [2.75, 3.05) is 0 Å². The van der Waals surface area contributed by atoms with Crippen LogP contribution < -0.4 is 0 Å². The lowest BCUT2D eigenvalue weighted by atomic mass is 10.1. The summed E-state index contributed by atoms with van der Waals surface area (Å²) in [5, 5.41) is 9.05. The van der Waals surface area contributed by atoms with Crippen LogP contribution in [-0.4, -0.2) is 14.5 Å². The fraction of sp³-hybridized carbons (Fsp3) is 0. The summed E-state index contributed by atoms with van der Waals surface area (Å²) in [6.07, 6.45) is 0. The van der Waals surface area contributed by atoms with Gasteiger partial charge in [-0.05, 0) is 65.4 Å². The Morgan fingerprint density at radius 3 is 1.89 bits per heavy atom. The van der Waals surface area contributed by atoms with Crippen LogP contribution in [0.3, 0.4) is 0 Å². The summed E-state index contributed by atoms with van der Waals surface area (Å²) in [7, 11) is 0. The van der Waals surface area contributed by atoms with Crippen LogP contribution in [0.5, 0.6) is 0 Å². The van der Waals surface area contributed by atoms with Gasteiger partial charge in [-0.15, -0.1) is 0 Å². The molecule has 218 valence electrons. The first-order chi connectivity index (χ1) is 23.3. The van der Waals surface area contributed by atoms with Crippen molar-refractivity contribution in [2.45, 2.75) is 0 Å². The van der Waals surface area contributed by atoms with Crippen LogP contribution in [0, 0.1) is 0 Å². The maximum atomic E-state index is 6.51. The smallest absolute Gasteiger partial charge is 0.165 e. The number of hydrogen-bond donors (Lipinski definition) is 0. The van der Waals surface area contributed by atoms with Gasteiger partial charge in [-0.3, -0.25) is 4.57 Å². The number of nitrogens with zero attached hydrogens (tertiary/aromatic N) is 3. The van der Waals surface area contributed by atoms with E-state index in [-0.39, 0.29) is 0 Å². The zero-order valence-corrected chi connectivity index (χ0v) is 24.9. The molecule has 11 rings (SSSR count). The van der Waals surface area contributed by atoms with Crippen molar-refractivity contribution in [1.82, 2.24) is 14.5 Å². The molecule has 0 aliphatic carbocycles. The Morgan fingerprint density at radius 2 is 1.04 bits per heavy atom. The molecule has 5 heteroatoms. The minimum absolute atomic E-state index is 0.782. The summed E-state index contributed by atoms with van der Waals surface area (Å²) in [5.74, 6) is 0.782. The third-order valence-electron chi connectivity index (χ3n) is 9.55. The van der Waals surface area contributed by atoms with Crippen LogP contribution in [0.25, 0.3) is 105 Å². The maximum Gasteiger partial charge on any atom is 0.165 e. The van der Waals surface area contributed by atoms with Gasteiger partial charge in [0.1, 0.15) is 28.0 Å². The zero-order valence-electron chi connectivity index (χ0n) is 24.9. The van der Waals surface area contributed by atoms with Gasteiger partial charge in [-0.1, -0.05) is 78.9 Å². The van der Waals surface area contributed by atoms with Crippen LogP contribution in [0.1, 0.15) is 0 Å². The molecule has 4 aromatic heterocycles. The summed E-state index contributed by atoms with van der Waals surface area (Å²) in [6, 6.07) is 48.4. The summed E-state index contributed by atoms with van der Waals surface area (Å²) in [6.45, 7) is 0. The minimum Gasteiger partial charge on any atom is -0.456 e. The van der Waals surface area contributed by atoms with Crippen molar-refractivity contribution in [3.63, 3.8) is 0 Å². The number of rotatable bonds is 2. The van der Waals surface area contributed by atoms with Crippen molar-refractivity contribution in [3.8, 4) is 17.1 Å². The van der Waals surface area contributed by atoms with E-state index in [0.717, 1.165) is 83.0 Å². The Labute approximate surface area is 266 Å². The molecule has 7 aromatic carbocycles. The van der Waals surface area contributed by atoms with Gasteiger partial charge in [-0.25, -0.2) is 9.97 Å². The second-order valence-corrected chi connectivity index (χ2v) is 12.2. The maximum absolute atomic E-state index is 6.51. The average molecular weight is 602 g/mol. The topological polar surface area (TPSA) is 57.0 Å². The molecular weight excluding hydrogens is 578 g/mol. The summed E-state index contributed by atoms with van der Waals surface area (Å²) >= 11 is 0. The predicted octanol–water partition coefficient (Wildman–Crippen LogP) is 11.3. The van der Waals surface area contributed by atoms with Crippen molar-refractivity contribution < 1.29 is 8.83 Å². The molecule has 0 aliphatic heterocycles. The number of benzene rings is 7. The van der Waals surface area contributed by atoms with Crippen molar-refractivity contribution >= 4 is 87.5 Å². The SMILES string of the molecule is c1ccc2cc3c(cc2c1)c1ccccc1n3-c1nc2ccccc2nc1-c1ccc2c(c1)oc1cc3oc4ccccc4c3cc12. The highest BCUT2D eigenvalue weighted by Gasteiger charge is 2.21. The van der Waals surface area contributed by atoms with Crippen molar-refractivity contribution in [3.05, 3.63) is 140 Å². The van der Waals surface area contributed by atoms with Crippen LogP contribution in [-0.2, 0) is 0 Å². The fourth-order valence-corrected chi connectivity index (χ4v) is 7.37. The molecule has 0 aliphatic rings. The highest BCUT2D eigenvalue weighted by molar-refractivity contribution is 6.16. The highest BCUT2D eigenvalue weighted by Crippen LogP contribution is 2.40. The van der Waals surface area contributed by atoms with Crippen LogP contribution in [0.4, 0.5) is 0 Å². The third-order valence-corrected chi connectivity index (χ3v) is 9.55. The average Bonchev–Trinajstić information content (AvgIpc) is 3.77. The molecule has 47 heavy (non-hydrogen) atoms. The molecule has 0 saturated heterocycles. The Balaban J connectivity index is 1.20. The molecule has 0 unspecified atom stereocenters. The van der Waals surface area contributed by atoms with E-state index >= 15 is 0 Å². The lowest BCUT2D eigenvalue weighted by molar-refractivity contribution is 0.656. The third kappa shape index (κ3) is 3.48. The molecule has 4 heterocycles. The number of aromatic nitrogens is 3.